The summed E-state index contributed by atoms with van der Waals surface area (Å²) in [7, 11) is 0. The van der Waals surface area contributed by atoms with Gasteiger partial charge < -0.3 is 0 Å². The minimum Gasteiger partial charge on any atom is -0.298 e. The van der Waals surface area contributed by atoms with Crippen LogP contribution in [0.25, 0.3) is 0 Å². The van der Waals surface area contributed by atoms with Gasteiger partial charge in [0.05, 0.1) is 11.3 Å². The van der Waals surface area contributed by atoms with Crippen molar-refractivity contribution in [2.24, 2.45) is 0 Å². The quantitative estimate of drug-likeness (QED) is 0.642. The van der Waals surface area contributed by atoms with Crippen LogP contribution in [0, 0.1) is 0 Å². The molecule has 0 fully saturated rings. The molecule has 0 amide bonds. The maximum absolute atomic E-state index is 10.4. The highest BCUT2D eigenvalue weighted by molar-refractivity contribution is 9.10. The lowest BCUT2D eigenvalue weighted by molar-refractivity contribution is 0.112. The van der Waals surface area contributed by atoms with Gasteiger partial charge in [-0.1, -0.05) is 22.0 Å². The average Bonchev–Trinajstić information content (AvgIpc) is 2.37. The van der Waals surface area contributed by atoms with Crippen LogP contribution in [-0.2, 0) is 5.75 Å². The molecule has 1 heterocycles. The molecule has 0 aliphatic heterocycles. The van der Waals surface area contributed by atoms with E-state index in [1.54, 1.807) is 11.8 Å². The van der Waals surface area contributed by atoms with Gasteiger partial charge in [0.1, 0.15) is 5.82 Å². The first-order valence-electron chi connectivity index (χ1n) is 4.92. The highest BCUT2D eigenvalue weighted by Crippen LogP contribution is 2.24. The van der Waals surface area contributed by atoms with E-state index >= 15 is 0 Å². The monoisotopic (exact) mass is 308 g/mol. The molecule has 0 aliphatic rings. The first-order chi connectivity index (χ1) is 8.28. The second-order valence-electron chi connectivity index (χ2n) is 3.30. The van der Waals surface area contributed by atoms with Crippen LogP contribution in [0.3, 0.4) is 0 Å². The zero-order chi connectivity index (χ0) is 12.1. The Bertz CT molecular complexity index is 516. The molecule has 2 aromatic rings. The fraction of sp³-hybridized carbons (Fsp3) is 0.0833. The van der Waals surface area contributed by atoms with E-state index in [0.29, 0.717) is 11.3 Å². The molecular weight excluding hydrogens is 300 g/mol. The van der Waals surface area contributed by atoms with Crippen LogP contribution in [0.1, 0.15) is 16.2 Å². The van der Waals surface area contributed by atoms with Crippen molar-refractivity contribution in [1.29, 1.82) is 0 Å². The lowest BCUT2D eigenvalue weighted by atomic mass is 10.4. The fourth-order valence-corrected chi connectivity index (χ4v) is 2.59. The van der Waals surface area contributed by atoms with Crippen molar-refractivity contribution in [2.45, 2.75) is 10.6 Å². The fourth-order valence-electron chi connectivity index (χ4n) is 1.20. The van der Waals surface area contributed by atoms with Gasteiger partial charge in [0.15, 0.2) is 6.29 Å². The summed E-state index contributed by atoms with van der Waals surface area (Å²) in [4.78, 5) is 19.8. The lowest BCUT2D eigenvalue weighted by Gasteiger charge is -2.01. The second-order valence-corrected chi connectivity index (χ2v) is 5.26. The van der Waals surface area contributed by atoms with Gasteiger partial charge >= 0.3 is 0 Å². The van der Waals surface area contributed by atoms with Crippen LogP contribution in [0.2, 0.25) is 0 Å². The van der Waals surface area contributed by atoms with Crippen LogP contribution < -0.4 is 0 Å². The maximum atomic E-state index is 10.4. The normalized spacial score (nSPS) is 10.2. The summed E-state index contributed by atoms with van der Waals surface area (Å²) < 4.78 is 1.06. The molecule has 0 saturated carbocycles. The predicted molar refractivity (Wildman–Crippen MR) is 71.1 cm³/mol. The summed E-state index contributed by atoms with van der Waals surface area (Å²) in [5, 5.41) is 0. The zero-order valence-electron chi connectivity index (χ0n) is 8.84. The minimum absolute atomic E-state index is 0.501. The number of aldehydes is 1. The number of carbonyl (C=O) groups is 1. The van der Waals surface area contributed by atoms with E-state index in [9.17, 15) is 4.79 Å². The summed E-state index contributed by atoms with van der Waals surface area (Å²) in [5.41, 5.74) is 0.501. The van der Waals surface area contributed by atoms with E-state index in [2.05, 4.69) is 25.9 Å². The number of rotatable bonds is 4. The van der Waals surface area contributed by atoms with Gasteiger partial charge in [-0.05, 0) is 18.2 Å². The van der Waals surface area contributed by atoms with E-state index < -0.39 is 0 Å². The van der Waals surface area contributed by atoms with Gasteiger partial charge in [0.25, 0.3) is 0 Å². The van der Waals surface area contributed by atoms with Gasteiger partial charge in [-0.25, -0.2) is 9.97 Å². The molecule has 86 valence electrons. The summed E-state index contributed by atoms with van der Waals surface area (Å²) in [6, 6.07) is 8.06. The van der Waals surface area contributed by atoms with Crippen LogP contribution in [-0.4, -0.2) is 16.3 Å². The lowest BCUT2D eigenvalue weighted by Crippen LogP contribution is -1.93. The van der Waals surface area contributed by atoms with Gasteiger partial charge in [-0.2, -0.15) is 0 Å². The summed E-state index contributed by atoms with van der Waals surface area (Å²) in [6.45, 7) is 0. The van der Waals surface area contributed by atoms with Crippen molar-refractivity contribution in [2.75, 3.05) is 0 Å². The third-order valence-electron chi connectivity index (χ3n) is 2.03. The Balaban J connectivity index is 1.99. The highest BCUT2D eigenvalue weighted by atomic mass is 79.9. The van der Waals surface area contributed by atoms with Crippen LogP contribution >= 0.6 is 27.7 Å². The number of thioether (sulfide) groups is 1. The Morgan fingerprint density at radius 1 is 1.29 bits per heavy atom. The van der Waals surface area contributed by atoms with Crippen LogP contribution in [0.5, 0.6) is 0 Å². The molecule has 0 radical (unpaired) electrons. The maximum Gasteiger partial charge on any atom is 0.153 e. The zero-order valence-corrected chi connectivity index (χ0v) is 11.2. The first kappa shape index (κ1) is 12.3. The van der Waals surface area contributed by atoms with Crippen molar-refractivity contribution < 1.29 is 4.79 Å². The van der Waals surface area contributed by atoms with Gasteiger partial charge in [-0.3, -0.25) is 4.79 Å². The Labute approximate surface area is 112 Å². The summed E-state index contributed by atoms with van der Waals surface area (Å²) >= 11 is 5.08. The number of halogens is 1. The molecule has 0 aliphatic carbocycles. The molecule has 0 bridgehead atoms. The standard InChI is InChI=1S/C12H9BrN2OS/c13-10-2-1-3-11(4-10)17-8-12-14-5-9(7-16)6-15-12/h1-7H,8H2. The largest absolute Gasteiger partial charge is 0.298 e. The highest BCUT2D eigenvalue weighted by Gasteiger charge is 2.00. The van der Waals surface area contributed by atoms with Gasteiger partial charge in [0, 0.05) is 21.8 Å². The number of carbonyl (C=O) groups excluding carboxylic acids is 1. The number of aromatic nitrogens is 2. The van der Waals surface area contributed by atoms with Crippen molar-refractivity contribution in [3.8, 4) is 0 Å². The van der Waals surface area contributed by atoms with E-state index in [4.69, 9.17) is 0 Å². The number of hydrogen-bond donors (Lipinski definition) is 0. The molecule has 0 atom stereocenters. The molecule has 5 heteroatoms. The molecule has 2 rings (SSSR count). The molecule has 0 spiro atoms. The summed E-state index contributed by atoms with van der Waals surface area (Å²) in [6.07, 6.45) is 3.82. The Morgan fingerprint density at radius 2 is 2.06 bits per heavy atom. The molecule has 3 nitrogen and oxygen atoms in total. The predicted octanol–water partition coefficient (Wildman–Crippen LogP) is 3.34. The molecule has 17 heavy (non-hydrogen) atoms. The van der Waals surface area contributed by atoms with Crippen molar-refractivity contribution in [3.05, 3.63) is 52.5 Å². The van der Waals surface area contributed by atoms with Crippen molar-refractivity contribution in [3.63, 3.8) is 0 Å². The van der Waals surface area contributed by atoms with E-state index in [0.717, 1.165) is 21.5 Å². The molecular formula is C12H9BrN2OS. The topological polar surface area (TPSA) is 42.9 Å². The molecule has 1 aromatic heterocycles. The van der Waals surface area contributed by atoms with Gasteiger partial charge in [0.2, 0.25) is 0 Å². The Kier molecular flexibility index (Phi) is 4.28. The van der Waals surface area contributed by atoms with E-state index in [-0.39, 0.29) is 0 Å². The van der Waals surface area contributed by atoms with E-state index in [1.807, 2.05) is 24.3 Å². The Hall–Kier alpha value is -1.20. The second kappa shape index (κ2) is 5.93. The van der Waals surface area contributed by atoms with E-state index in [1.165, 1.54) is 12.4 Å². The van der Waals surface area contributed by atoms with Gasteiger partial charge in [-0.15, -0.1) is 11.8 Å². The van der Waals surface area contributed by atoms with Crippen molar-refractivity contribution >= 4 is 34.0 Å². The SMILES string of the molecule is O=Cc1cnc(CSc2cccc(Br)c2)nc1. The molecule has 1 aromatic carbocycles. The first-order valence-corrected chi connectivity index (χ1v) is 6.70. The summed E-state index contributed by atoms with van der Waals surface area (Å²) in [5.74, 6) is 1.41. The molecule has 0 unspecified atom stereocenters. The molecule has 0 N–H and O–H groups in total. The number of hydrogen-bond acceptors (Lipinski definition) is 4. The smallest absolute Gasteiger partial charge is 0.153 e. The number of nitrogens with zero attached hydrogens (tertiary/aromatic N) is 2. The third-order valence-corrected chi connectivity index (χ3v) is 3.51. The number of benzene rings is 1. The molecule has 0 saturated heterocycles. The van der Waals surface area contributed by atoms with Crippen LogP contribution in [0.15, 0.2) is 46.0 Å². The average molecular weight is 309 g/mol. The Morgan fingerprint density at radius 3 is 2.71 bits per heavy atom. The minimum atomic E-state index is 0.501. The van der Waals surface area contributed by atoms with Crippen LogP contribution in [0.4, 0.5) is 0 Å². The third kappa shape index (κ3) is 3.64. The van der Waals surface area contributed by atoms with Crippen molar-refractivity contribution in [1.82, 2.24) is 9.97 Å².